The Bertz CT molecular complexity index is 967. The Labute approximate surface area is 185 Å². The Hall–Kier alpha value is -2.38. The van der Waals surface area contributed by atoms with Crippen LogP contribution in [0.1, 0.15) is 51.5 Å². The zero-order chi connectivity index (χ0) is 22.3. The number of para-hydroxylation sites is 1. The predicted octanol–water partition coefficient (Wildman–Crippen LogP) is 4.61. The zero-order valence-corrected chi connectivity index (χ0v) is 19.2. The molecule has 1 N–H and O–H groups in total. The van der Waals surface area contributed by atoms with Crippen molar-refractivity contribution in [3.63, 3.8) is 0 Å². The maximum absolute atomic E-state index is 13.5. The van der Waals surface area contributed by atoms with Gasteiger partial charge in [0.1, 0.15) is 5.75 Å². The first kappa shape index (κ1) is 23.3. The molecule has 2 aromatic rings. The number of ether oxygens (including phenoxy) is 1. The summed E-state index contributed by atoms with van der Waals surface area (Å²) in [6.07, 6.45) is 5.38. The van der Waals surface area contributed by atoms with Crippen LogP contribution in [0.25, 0.3) is 0 Å². The minimum Gasteiger partial charge on any atom is -0.494 e. The van der Waals surface area contributed by atoms with Gasteiger partial charge in [0.05, 0.1) is 18.0 Å². The Morgan fingerprint density at radius 1 is 1.03 bits per heavy atom. The molecule has 0 radical (unpaired) electrons. The lowest BCUT2D eigenvalue weighted by Gasteiger charge is -2.33. The third-order valence-corrected chi connectivity index (χ3v) is 7.61. The fraction of sp³-hybridized carbons (Fsp3) is 0.458. The van der Waals surface area contributed by atoms with E-state index >= 15 is 0 Å². The molecular formula is C24H32N2O4S. The van der Waals surface area contributed by atoms with Gasteiger partial charge in [-0.3, -0.25) is 4.79 Å². The summed E-state index contributed by atoms with van der Waals surface area (Å²) < 4.78 is 33.9. The van der Waals surface area contributed by atoms with Gasteiger partial charge in [-0.15, -0.1) is 0 Å². The van der Waals surface area contributed by atoms with Gasteiger partial charge in [0.25, 0.3) is 0 Å². The molecule has 3 rings (SSSR count). The van der Waals surface area contributed by atoms with Crippen LogP contribution in [0.4, 0.5) is 5.69 Å². The number of hydrogen-bond acceptors (Lipinski definition) is 4. The quantitative estimate of drug-likeness (QED) is 0.613. The van der Waals surface area contributed by atoms with E-state index in [0.29, 0.717) is 12.4 Å². The lowest BCUT2D eigenvalue weighted by atomic mass is 9.95. The number of benzene rings is 2. The minimum absolute atomic E-state index is 0.169. The highest BCUT2D eigenvalue weighted by atomic mass is 32.2. The van der Waals surface area contributed by atoms with E-state index in [4.69, 9.17) is 4.74 Å². The highest BCUT2D eigenvalue weighted by Gasteiger charge is 2.34. The zero-order valence-electron chi connectivity index (χ0n) is 18.3. The molecule has 1 aliphatic carbocycles. The Morgan fingerprint density at radius 2 is 1.71 bits per heavy atom. The van der Waals surface area contributed by atoms with E-state index in [1.807, 2.05) is 38.1 Å². The molecule has 1 aliphatic rings. The summed E-state index contributed by atoms with van der Waals surface area (Å²) in [4.78, 5) is 13.1. The Morgan fingerprint density at radius 3 is 2.35 bits per heavy atom. The van der Waals surface area contributed by atoms with Crippen LogP contribution < -0.4 is 10.1 Å². The summed E-state index contributed by atoms with van der Waals surface area (Å²) in [5.74, 6) is 0.306. The van der Waals surface area contributed by atoms with Crippen molar-refractivity contribution in [1.29, 1.82) is 0 Å². The van der Waals surface area contributed by atoms with Crippen molar-refractivity contribution < 1.29 is 17.9 Å². The average Bonchev–Trinajstić information content (AvgIpc) is 2.79. The fourth-order valence-electron chi connectivity index (χ4n) is 4.07. The number of sulfonamides is 1. The normalized spacial score (nSPS) is 15.1. The molecule has 0 aliphatic heterocycles. The molecule has 7 heteroatoms. The van der Waals surface area contributed by atoms with Crippen LogP contribution in [-0.4, -0.2) is 37.8 Å². The second kappa shape index (κ2) is 10.8. The summed E-state index contributed by atoms with van der Waals surface area (Å²) >= 11 is 0. The first-order chi connectivity index (χ1) is 15.0. The maximum atomic E-state index is 13.5. The smallest absolute Gasteiger partial charge is 0.243 e. The van der Waals surface area contributed by atoms with Crippen molar-refractivity contribution >= 4 is 21.6 Å². The highest BCUT2D eigenvalue weighted by molar-refractivity contribution is 7.89. The second-order valence-corrected chi connectivity index (χ2v) is 9.70. The summed E-state index contributed by atoms with van der Waals surface area (Å²) in [6, 6.07) is 13.9. The molecular weight excluding hydrogens is 412 g/mol. The molecule has 0 atom stereocenters. The van der Waals surface area contributed by atoms with E-state index in [2.05, 4.69) is 5.32 Å². The molecule has 0 saturated heterocycles. The second-order valence-electron chi connectivity index (χ2n) is 7.81. The van der Waals surface area contributed by atoms with Gasteiger partial charge in [-0.25, -0.2) is 8.42 Å². The van der Waals surface area contributed by atoms with E-state index in [9.17, 15) is 13.2 Å². The number of anilines is 1. The number of aryl methyl sites for hydroxylation is 1. The SMILES string of the molecule is CCOc1ccc(S(=O)(=O)N(CC(=O)Nc2ccccc2CC)C2CCCCC2)cc1. The molecule has 0 heterocycles. The number of nitrogens with zero attached hydrogens (tertiary/aromatic N) is 1. The highest BCUT2D eigenvalue weighted by Crippen LogP contribution is 2.29. The van der Waals surface area contributed by atoms with E-state index < -0.39 is 10.0 Å². The molecule has 0 unspecified atom stereocenters. The van der Waals surface area contributed by atoms with Crippen LogP contribution in [0.15, 0.2) is 53.4 Å². The van der Waals surface area contributed by atoms with Crippen LogP contribution in [0.5, 0.6) is 5.75 Å². The number of nitrogens with one attached hydrogen (secondary N) is 1. The molecule has 0 bridgehead atoms. The van der Waals surface area contributed by atoms with Crippen LogP contribution in [0.3, 0.4) is 0 Å². The number of rotatable bonds is 9. The van der Waals surface area contributed by atoms with E-state index in [1.54, 1.807) is 24.3 Å². The van der Waals surface area contributed by atoms with Crippen LogP contribution in [0, 0.1) is 0 Å². The molecule has 168 valence electrons. The molecule has 0 spiro atoms. The van der Waals surface area contributed by atoms with Gasteiger partial charge >= 0.3 is 0 Å². The molecule has 31 heavy (non-hydrogen) atoms. The minimum atomic E-state index is -3.82. The number of amides is 1. The van der Waals surface area contributed by atoms with E-state index in [-0.39, 0.29) is 23.4 Å². The topological polar surface area (TPSA) is 75.7 Å². The van der Waals surface area contributed by atoms with Gasteiger partial charge in [0.2, 0.25) is 15.9 Å². The number of carbonyl (C=O) groups excluding carboxylic acids is 1. The molecule has 1 saturated carbocycles. The Kier molecular flexibility index (Phi) is 8.09. The monoisotopic (exact) mass is 444 g/mol. The Balaban J connectivity index is 1.84. The van der Waals surface area contributed by atoms with Gasteiger partial charge in [0.15, 0.2) is 0 Å². The van der Waals surface area contributed by atoms with Gasteiger partial charge in [-0.05, 0) is 62.1 Å². The standard InChI is InChI=1S/C24H32N2O4S/c1-3-19-10-8-9-13-23(19)25-24(27)18-26(20-11-6-5-7-12-20)31(28,29)22-16-14-21(15-17-22)30-4-2/h8-10,13-17,20H,3-7,11-12,18H2,1-2H3,(H,25,27). The molecule has 1 fully saturated rings. The van der Waals surface area contributed by atoms with Crippen molar-refractivity contribution in [3.8, 4) is 5.75 Å². The predicted molar refractivity (Wildman–Crippen MR) is 123 cm³/mol. The van der Waals surface area contributed by atoms with Crippen molar-refractivity contribution in [2.75, 3.05) is 18.5 Å². The van der Waals surface area contributed by atoms with Gasteiger partial charge in [0, 0.05) is 11.7 Å². The van der Waals surface area contributed by atoms with Crippen LogP contribution in [0.2, 0.25) is 0 Å². The van der Waals surface area contributed by atoms with Crippen molar-refractivity contribution in [1.82, 2.24) is 4.31 Å². The lowest BCUT2D eigenvalue weighted by molar-refractivity contribution is -0.116. The van der Waals surface area contributed by atoms with Crippen LogP contribution in [-0.2, 0) is 21.2 Å². The van der Waals surface area contributed by atoms with Crippen LogP contribution >= 0.6 is 0 Å². The fourth-order valence-corrected chi connectivity index (χ4v) is 5.71. The first-order valence-electron chi connectivity index (χ1n) is 11.1. The summed E-state index contributed by atoms with van der Waals surface area (Å²) in [5.41, 5.74) is 1.76. The molecule has 2 aromatic carbocycles. The van der Waals surface area contributed by atoms with Gasteiger partial charge in [-0.2, -0.15) is 4.31 Å². The largest absolute Gasteiger partial charge is 0.494 e. The van der Waals surface area contributed by atoms with Crippen molar-refractivity contribution in [2.24, 2.45) is 0 Å². The summed E-state index contributed by atoms with van der Waals surface area (Å²) in [6.45, 7) is 4.22. The number of carbonyl (C=O) groups is 1. The van der Waals surface area contributed by atoms with Gasteiger partial charge < -0.3 is 10.1 Å². The van der Waals surface area contributed by atoms with Crippen molar-refractivity contribution in [2.45, 2.75) is 63.3 Å². The third kappa shape index (κ3) is 5.86. The molecule has 6 nitrogen and oxygen atoms in total. The van der Waals surface area contributed by atoms with Crippen molar-refractivity contribution in [3.05, 3.63) is 54.1 Å². The van der Waals surface area contributed by atoms with E-state index in [0.717, 1.165) is 49.8 Å². The molecule has 0 aromatic heterocycles. The maximum Gasteiger partial charge on any atom is 0.243 e. The third-order valence-electron chi connectivity index (χ3n) is 5.70. The number of hydrogen-bond donors (Lipinski definition) is 1. The summed E-state index contributed by atoms with van der Waals surface area (Å²) in [7, 11) is -3.82. The van der Waals surface area contributed by atoms with Gasteiger partial charge in [-0.1, -0.05) is 44.4 Å². The first-order valence-corrected chi connectivity index (χ1v) is 12.5. The summed E-state index contributed by atoms with van der Waals surface area (Å²) in [5, 5.41) is 2.92. The average molecular weight is 445 g/mol. The molecule has 1 amide bonds. The van der Waals surface area contributed by atoms with E-state index in [1.165, 1.54) is 4.31 Å². The lowest BCUT2D eigenvalue weighted by Crippen LogP contribution is -2.45.